The summed E-state index contributed by atoms with van der Waals surface area (Å²) in [6, 6.07) is 0. The summed E-state index contributed by atoms with van der Waals surface area (Å²) < 4.78 is 0. The van der Waals surface area contributed by atoms with Crippen molar-refractivity contribution < 1.29 is 0 Å². The summed E-state index contributed by atoms with van der Waals surface area (Å²) in [7, 11) is 0. The Balaban J connectivity index is 4.23. The van der Waals surface area contributed by atoms with E-state index in [9.17, 15) is 0 Å². The Morgan fingerprint density at radius 3 is 1.92 bits per heavy atom. The number of hydrogen-bond acceptors (Lipinski definition) is 0. The monoisotopic (exact) mass is 168 g/mol. The Kier molecular flexibility index (Phi) is 5.28. The SMILES string of the molecule is C=C(C)C(C)C(CC)C(C)CC. The molecule has 3 unspecified atom stereocenters. The summed E-state index contributed by atoms with van der Waals surface area (Å²) in [6.07, 6.45) is 2.57. The fourth-order valence-corrected chi connectivity index (χ4v) is 1.92. The zero-order chi connectivity index (χ0) is 9.72. The second-order valence-corrected chi connectivity index (χ2v) is 4.09. The smallest absolute Gasteiger partial charge is 0.0206 e. The molecule has 72 valence electrons. The third-order valence-electron chi connectivity index (χ3n) is 3.27. The molecule has 0 aliphatic heterocycles. The third-order valence-corrected chi connectivity index (χ3v) is 3.27. The van der Waals surface area contributed by atoms with Crippen LogP contribution in [0.4, 0.5) is 0 Å². The average molecular weight is 168 g/mol. The van der Waals surface area contributed by atoms with Crippen LogP contribution in [0.1, 0.15) is 47.5 Å². The lowest BCUT2D eigenvalue weighted by Gasteiger charge is -2.28. The molecule has 0 radical (unpaired) electrons. The highest BCUT2D eigenvalue weighted by Crippen LogP contribution is 2.30. The molecule has 0 rings (SSSR count). The van der Waals surface area contributed by atoms with Crippen molar-refractivity contribution >= 4 is 0 Å². The summed E-state index contributed by atoms with van der Waals surface area (Å²) >= 11 is 0. The average Bonchev–Trinajstić information content (AvgIpc) is 2.05. The molecule has 0 aromatic heterocycles. The highest BCUT2D eigenvalue weighted by molar-refractivity contribution is 4.97. The van der Waals surface area contributed by atoms with Gasteiger partial charge in [0.25, 0.3) is 0 Å². The minimum atomic E-state index is 0.685. The van der Waals surface area contributed by atoms with Gasteiger partial charge in [-0.1, -0.05) is 52.7 Å². The van der Waals surface area contributed by atoms with Crippen LogP contribution in [0, 0.1) is 17.8 Å². The molecule has 0 heteroatoms. The standard InChI is InChI=1S/C12H24/c1-7-10(5)12(8-2)11(6)9(3)4/h10-12H,3,7-8H2,1-2,4-6H3. The normalized spacial score (nSPS) is 18.4. The van der Waals surface area contributed by atoms with Crippen molar-refractivity contribution in [2.24, 2.45) is 17.8 Å². The highest BCUT2D eigenvalue weighted by Gasteiger charge is 2.20. The lowest BCUT2D eigenvalue weighted by atomic mass is 9.77. The topological polar surface area (TPSA) is 0 Å². The second kappa shape index (κ2) is 5.40. The van der Waals surface area contributed by atoms with E-state index in [1.54, 1.807) is 0 Å². The zero-order valence-electron chi connectivity index (χ0n) is 9.35. The van der Waals surface area contributed by atoms with E-state index in [2.05, 4.69) is 41.2 Å². The van der Waals surface area contributed by atoms with Gasteiger partial charge < -0.3 is 0 Å². The molecule has 0 aromatic rings. The Hall–Kier alpha value is -0.260. The predicted octanol–water partition coefficient (Wildman–Crippen LogP) is 4.27. The number of allylic oxidation sites excluding steroid dienone is 1. The van der Waals surface area contributed by atoms with E-state index in [1.807, 2.05) is 0 Å². The maximum atomic E-state index is 4.04. The third kappa shape index (κ3) is 3.00. The van der Waals surface area contributed by atoms with E-state index in [-0.39, 0.29) is 0 Å². The van der Waals surface area contributed by atoms with Gasteiger partial charge in [0.15, 0.2) is 0 Å². The molecular weight excluding hydrogens is 144 g/mol. The molecule has 0 bridgehead atoms. The Labute approximate surface area is 78.1 Å². The largest absolute Gasteiger partial charge is 0.0999 e. The van der Waals surface area contributed by atoms with Crippen molar-refractivity contribution in [1.82, 2.24) is 0 Å². The summed E-state index contributed by atoms with van der Waals surface area (Å²) in [5.74, 6) is 2.35. The molecule has 0 fully saturated rings. The fourth-order valence-electron chi connectivity index (χ4n) is 1.92. The first-order valence-corrected chi connectivity index (χ1v) is 5.19. The van der Waals surface area contributed by atoms with E-state index in [0.717, 1.165) is 11.8 Å². The number of rotatable bonds is 5. The van der Waals surface area contributed by atoms with E-state index in [4.69, 9.17) is 0 Å². The fraction of sp³-hybridized carbons (Fsp3) is 0.833. The predicted molar refractivity (Wildman–Crippen MR) is 57.2 cm³/mol. The van der Waals surface area contributed by atoms with Crippen LogP contribution >= 0.6 is 0 Å². The molecule has 0 saturated heterocycles. The quantitative estimate of drug-likeness (QED) is 0.538. The van der Waals surface area contributed by atoms with Gasteiger partial charge in [0, 0.05) is 0 Å². The molecule has 12 heavy (non-hydrogen) atoms. The lowest BCUT2D eigenvalue weighted by Crippen LogP contribution is -2.19. The Bertz CT molecular complexity index is 135. The summed E-state index contributed by atoms with van der Waals surface area (Å²) in [6.45, 7) is 15.4. The van der Waals surface area contributed by atoms with Gasteiger partial charge in [-0.3, -0.25) is 0 Å². The van der Waals surface area contributed by atoms with Crippen molar-refractivity contribution in [1.29, 1.82) is 0 Å². The zero-order valence-corrected chi connectivity index (χ0v) is 9.35. The molecule has 0 aliphatic carbocycles. The van der Waals surface area contributed by atoms with E-state index in [1.165, 1.54) is 18.4 Å². The molecule has 0 aliphatic rings. The van der Waals surface area contributed by atoms with E-state index < -0.39 is 0 Å². The van der Waals surface area contributed by atoms with Gasteiger partial charge in [-0.25, -0.2) is 0 Å². The van der Waals surface area contributed by atoms with Crippen molar-refractivity contribution in [3.63, 3.8) is 0 Å². The maximum absolute atomic E-state index is 4.04. The second-order valence-electron chi connectivity index (χ2n) is 4.09. The van der Waals surface area contributed by atoms with Gasteiger partial charge in [-0.15, -0.1) is 0 Å². The molecular formula is C12H24. The maximum Gasteiger partial charge on any atom is -0.0206 e. The minimum absolute atomic E-state index is 0.685. The molecule has 0 amide bonds. The summed E-state index contributed by atoms with van der Waals surface area (Å²) in [4.78, 5) is 0. The molecule has 0 heterocycles. The van der Waals surface area contributed by atoms with Crippen LogP contribution in [0.3, 0.4) is 0 Å². The van der Waals surface area contributed by atoms with Crippen LogP contribution in [0.15, 0.2) is 12.2 Å². The molecule has 0 spiro atoms. The lowest BCUT2D eigenvalue weighted by molar-refractivity contribution is 0.268. The van der Waals surface area contributed by atoms with Gasteiger partial charge in [0.1, 0.15) is 0 Å². The molecule has 0 aromatic carbocycles. The highest BCUT2D eigenvalue weighted by atomic mass is 14.3. The van der Waals surface area contributed by atoms with Crippen LogP contribution in [-0.4, -0.2) is 0 Å². The first-order valence-electron chi connectivity index (χ1n) is 5.19. The van der Waals surface area contributed by atoms with Crippen LogP contribution in [0.25, 0.3) is 0 Å². The summed E-state index contributed by atoms with van der Waals surface area (Å²) in [5, 5.41) is 0. The van der Waals surface area contributed by atoms with Crippen LogP contribution in [0.5, 0.6) is 0 Å². The van der Waals surface area contributed by atoms with E-state index >= 15 is 0 Å². The van der Waals surface area contributed by atoms with E-state index in [0.29, 0.717) is 5.92 Å². The van der Waals surface area contributed by atoms with Crippen molar-refractivity contribution in [3.05, 3.63) is 12.2 Å². The Morgan fingerprint density at radius 2 is 1.67 bits per heavy atom. The van der Waals surface area contributed by atoms with Gasteiger partial charge in [0.2, 0.25) is 0 Å². The van der Waals surface area contributed by atoms with Gasteiger partial charge in [0.05, 0.1) is 0 Å². The van der Waals surface area contributed by atoms with Crippen molar-refractivity contribution in [3.8, 4) is 0 Å². The molecule has 0 N–H and O–H groups in total. The van der Waals surface area contributed by atoms with Gasteiger partial charge >= 0.3 is 0 Å². The number of hydrogen-bond donors (Lipinski definition) is 0. The van der Waals surface area contributed by atoms with Crippen LogP contribution in [0.2, 0.25) is 0 Å². The first-order chi connectivity index (χ1) is 5.54. The van der Waals surface area contributed by atoms with Crippen LogP contribution < -0.4 is 0 Å². The van der Waals surface area contributed by atoms with Gasteiger partial charge in [-0.2, -0.15) is 0 Å². The van der Waals surface area contributed by atoms with Gasteiger partial charge in [-0.05, 0) is 24.7 Å². The molecule has 3 atom stereocenters. The molecule has 0 saturated carbocycles. The molecule has 0 nitrogen and oxygen atoms in total. The van der Waals surface area contributed by atoms with Crippen LogP contribution in [-0.2, 0) is 0 Å². The Morgan fingerprint density at radius 1 is 1.17 bits per heavy atom. The summed E-state index contributed by atoms with van der Waals surface area (Å²) in [5.41, 5.74) is 1.34. The minimum Gasteiger partial charge on any atom is -0.0999 e. The van der Waals surface area contributed by atoms with Crippen molar-refractivity contribution in [2.45, 2.75) is 47.5 Å². The first kappa shape index (κ1) is 11.7. The van der Waals surface area contributed by atoms with Crippen molar-refractivity contribution in [2.75, 3.05) is 0 Å².